The smallest absolute Gasteiger partial charge is 0.482 e. The van der Waals surface area contributed by atoms with Crippen LogP contribution in [-0.4, -0.2) is 50.5 Å². The fraction of sp³-hybridized carbons (Fsp3) is 0.462. The van der Waals surface area contributed by atoms with Crippen LogP contribution in [-0.2, 0) is 14.8 Å². The Morgan fingerprint density at radius 3 is 2.58 bits per heavy atom. The van der Waals surface area contributed by atoms with Crippen molar-refractivity contribution in [1.29, 1.82) is 0 Å². The first-order valence-corrected chi connectivity index (χ1v) is 13.9. The van der Waals surface area contributed by atoms with Crippen LogP contribution in [0.2, 0.25) is 0 Å². The molecule has 1 amide bonds. The summed E-state index contributed by atoms with van der Waals surface area (Å²) in [6, 6.07) is 4.31. The fourth-order valence-corrected chi connectivity index (χ4v) is 5.75. The van der Waals surface area contributed by atoms with E-state index in [1.54, 1.807) is 30.1 Å². The van der Waals surface area contributed by atoms with Gasteiger partial charge in [0.1, 0.15) is 6.10 Å². The minimum absolute atomic E-state index is 0.0155. The molecule has 3 aliphatic rings. The molecule has 3 unspecified atom stereocenters. The molecule has 0 aromatic heterocycles. The van der Waals surface area contributed by atoms with Gasteiger partial charge in [-0.25, -0.2) is 4.39 Å². The van der Waals surface area contributed by atoms with Gasteiger partial charge in [-0.1, -0.05) is 32.1 Å². The Bertz CT molecular complexity index is 1290. The minimum atomic E-state index is -5.67. The van der Waals surface area contributed by atoms with Crippen molar-refractivity contribution in [2.24, 2.45) is 5.92 Å². The number of alkyl halides is 3. The number of amides is 1. The highest BCUT2D eigenvalue weighted by Crippen LogP contribution is 2.40. The van der Waals surface area contributed by atoms with Crippen molar-refractivity contribution in [1.82, 2.24) is 14.9 Å². The van der Waals surface area contributed by atoms with Crippen molar-refractivity contribution in [3.63, 3.8) is 0 Å². The van der Waals surface area contributed by atoms with E-state index in [1.807, 2.05) is 13.8 Å². The lowest BCUT2D eigenvalue weighted by molar-refractivity contribution is -0.130. The summed E-state index contributed by atoms with van der Waals surface area (Å²) < 4.78 is 85.8. The van der Waals surface area contributed by atoms with E-state index >= 15 is 4.39 Å². The average Bonchev–Trinajstić information content (AvgIpc) is 3.35. The summed E-state index contributed by atoms with van der Waals surface area (Å²) >= 11 is 0. The van der Waals surface area contributed by atoms with Crippen LogP contribution in [0.25, 0.3) is 0 Å². The SMILES string of the molecule is CCC(CC)c1cccc(OC2[CH]C=C(NS(=O)(=O)C(F)(F)F)C=C2C2=CN(C)C(=O)C3NCCC23)c1F. The topological polar surface area (TPSA) is 87.7 Å². The second-order valence-corrected chi connectivity index (χ2v) is 11.2. The number of likely N-dealkylation sites (N-methyl/N-ethyl adjacent to an activating group) is 1. The molecule has 2 aliphatic heterocycles. The predicted octanol–water partition coefficient (Wildman–Crippen LogP) is 4.28. The van der Waals surface area contributed by atoms with Crippen molar-refractivity contribution < 1.29 is 35.5 Å². The number of hydrogen-bond donors (Lipinski definition) is 2. The summed E-state index contributed by atoms with van der Waals surface area (Å²) in [4.78, 5) is 14.0. The number of rotatable bonds is 8. The van der Waals surface area contributed by atoms with Crippen LogP contribution < -0.4 is 14.8 Å². The second-order valence-electron chi connectivity index (χ2n) is 9.54. The lowest BCUT2D eigenvalue weighted by atomic mass is 9.80. The summed E-state index contributed by atoms with van der Waals surface area (Å²) in [5.41, 5.74) is -4.41. The van der Waals surface area contributed by atoms with Crippen molar-refractivity contribution in [3.8, 4) is 5.75 Å². The summed E-state index contributed by atoms with van der Waals surface area (Å²) in [5, 5.41) is 3.14. The second kappa shape index (κ2) is 10.7. The molecular weight excluding hydrogens is 526 g/mol. The Morgan fingerprint density at radius 2 is 1.92 bits per heavy atom. The van der Waals surface area contributed by atoms with Crippen molar-refractivity contribution in [2.75, 3.05) is 13.6 Å². The monoisotopic (exact) mass is 556 g/mol. The van der Waals surface area contributed by atoms with Crippen LogP contribution in [0.5, 0.6) is 5.75 Å². The van der Waals surface area contributed by atoms with Gasteiger partial charge in [0.25, 0.3) is 0 Å². The first-order valence-electron chi connectivity index (χ1n) is 12.4. The molecule has 207 valence electrons. The molecule has 1 aromatic carbocycles. The first-order chi connectivity index (χ1) is 17.9. The maximum absolute atomic E-state index is 15.5. The number of carbonyl (C=O) groups excluding carboxylic acids is 1. The van der Waals surface area contributed by atoms with Gasteiger partial charge in [-0.3, -0.25) is 9.52 Å². The number of nitrogens with one attached hydrogen (secondary N) is 2. The quantitative estimate of drug-likeness (QED) is 0.467. The molecule has 1 aliphatic carbocycles. The summed E-state index contributed by atoms with van der Waals surface area (Å²) in [6.45, 7) is 4.47. The number of hydrogen-bond acceptors (Lipinski definition) is 5. The van der Waals surface area contributed by atoms with Gasteiger partial charge in [0, 0.05) is 36.9 Å². The van der Waals surface area contributed by atoms with Crippen LogP contribution in [0.3, 0.4) is 0 Å². The summed E-state index contributed by atoms with van der Waals surface area (Å²) in [6.07, 6.45) is 6.44. The zero-order valence-electron chi connectivity index (χ0n) is 21.2. The van der Waals surface area contributed by atoms with Gasteiger partial charge in [-0.15, -0.1) is 0 Å². The maximum Gasteiger partial charge on any atom is 0.516 e. The molecule has 1 radical (unpaired) electrons. The third kappa shape index (κ3) is 5.33. The van der Waals surface area contributed by atoms with Crippen molar-refractivity contribution in [2.45, 2.75) is 56.7 Å². The van der Waals surface area contributed by atoms with Gasteiger partial charge >= 0.3 is 15.5 Å². The fourth-order valence-electron chi connectivity index (χ4n) is 5.19. The Kier molecular flexibility index (Phi) is 7.94. The molecule has 0 saturated carbocycles. The third-order valence-electron chi connectivity index (χ3n) is 7.20. The molecule has 1 saturated heterocycles. The molecule has 7 nitrogen and oxygen atoms in total. The lowest BCUT2D eigenvalue weighted by Gasteiger charge is -2.35. The van der Waals surface area contributed by atoms with Crippen LogP contribution >= 0.6 is 0 Å². The molecule has 2 N–H and O–H groups in total. The van der Waals surface area contributed by atoms with E-state index in [2.05, 4.69) is 5.32 Å². The number of fused-ring (bicyclic) bond motifs is 1. The normalized spacial score (nSPS) is 24.1. The molecule has 1 aromatic rings. The molecule has 12 heteroatoms. The molecule has 1 fully saturated rings. The van der Waals surface area contributed by atoms with E-state index in [4.69, 9.17) is 4.74 Å². The first kappa shape index (κ1) is 28.2. The highest BCUT2D eigenvalue weighted by Gasteiger charge is 2.47. The standard InChI is InChI=1S/C26H30F4N3O4S/c1-4-15(5-2)17-7-6-8-22(23(17)27)37-21-10-9-16(32-38(35,36)26(28,29)30)13-19(21)20-14-33(3)25(34)24-18(20)11-12-31-24/h6-10,13-15,18,21,24,31-32H,4-5,11-12H2,1-3H3. The average molecular weight is 557 g/mol. The van der Waals surface area contributed by atoms with Gasteiger partial charge in [-0.05, 0) is 55.0 Å². The Morgan fingerprint density at radius 1 is 1.21 bits per heavy atom. The van der Waals surface area contributed by atoms with E-state index in [1.165, 1.54) is 23.5 Å². The van der Waals surface area contributed by atoms with Crippen molar-refractivity contribution >= 4 is 15.9 Å². The van der Waals surface area contributed by atoms with Crippen LogP contribution in [0, 0.1) is 18.2 Å². The van der Waals surface area contributed by atoms with Gasteiger partial charge < -0.3 is 15.0 Å². The number of ether oxygens (including phenoxy) is 1. The lowest BCUT2D eigenvalue weighted by Crippen LogP contribution is -2.47. The van der Waals surface area contributed by atoms with Crippen molar-refractivity contribution in [3.05, 3.63) is 71.2 Å². The van der Waals surface area contributed by atoms with Gasteiger partial charge in [-0.2, -0.15) is 21.6 Å². The molecule has 0 spiro atoms. The summed E-state index contributed by atoms with van der Waals surface area (Å²) in [5.74, 6) is -1.04. The number of allylic oxidation sites excluding steroid dienone is 1. The van der Waals surface area contributed by atoms with Crippen LogP contribution in [0.1, 0.15) is 44.6 Å². The molecular formula is C26H30F4N3O4S. The Labute approximate surface area is 219 Å². The Balaban J connectivity index is 1.74. The maximum atomic E-state index is 15.5. The van der Waals surface area contributed by atoms with E-state index in [9.17, 15) is 26.4 Å². The number of benzene rings is 1. The number of halogens is 4. The molecule has 38 heavy (non-hydrogen) atoms. The van der Waals surface area contributed by atoms with Gasteiger partial charge in [0.15, 0.2) is 11.6 Å². The summed E-state index contributed by atoms with van der Waals surface area (Å²) in [7, 11) is -4.11. The molecule has 3 atom stereocenters. The number of sulfonamides is 1. The molecule has 2 heterocycles. The minimum Gasteiger partial charge on any atom is -0.482 e. The van der Waals surface area contributed by atoms with Gasteiger partial charge in [0.2, 0.25) is 5.91 Å². The van der Waals surface area contributed by atoms with Crippen LogP contribution in [0.15, 0.2) is 53.4 Å². The highest BCUT2D eigenvalue weighted by molar-refractivity contribution is 7.90. The number of nitrogens with zero attached hydrogens (tertiary/aromatic N) is 1. The molecule has 0 bridgehead atoms. The van der Waals surface area contributed by atoms with E-state index in [-0.39, 0.29) is 29.2 Å². The largest absolute Gasteiger partial charge is 0.516 e. The number of carbonyl (C=O) groups is 1. The van der Waals surface area contributed by atoms with E-state index in [0.717, 1.165) is 18.9 Å². The zero-order chi connectivity index (χ0) is 27.8. The third-order valence-corrected chi connectivity index (χ3v) is 8.31. The van der Waals surface area contributed by atoms with E-state index in [0.29, 0.717) is 29.7 Å². The Hall–Kier alpha value is -2.86. The zero-order valence-corrected chi connectivity index (χ0v) is 22.0. The van der Waals surface area contributed by atoms with E-state index < -0.39 is 33.5 Å². The predicted molar refractivity (Wildman–Crippen MR) is 133 cm³/mol. The van der Waals surface area contributed by atoms with Crippen LogP contribution in [0.4, 0.5) is 17.6 Å². The van der Waals surface area contributed by atoms with Gasteiger partial charge in [0.05, 0.1) is 6.04 Å². The molecule has 4 rings (SSSR count). The highest BCUT2D eigenvalue weighted by atomic mass is 32.2.